The van der Waals surface area contributed by atoms with E-state index < -0.39 is 6.04 Å². The summed E-state index contributed by atoms with van der Waals surface area (Å²) in [7, 11) is 1.60. The molecule has 0 bridgehead atoms. The number of nitrogens with one attached hydrogen (secondary N) is 1. The normalized spacial score (nSPS) is 15.8. The lowest BCUT2D eigenvalue weighted by Crippen LogP contribution is -2.33. The van der Waals surface area contributed by atoms with E-state index in [1.807, 2.05) is 60.9 Å². The highest BCUT2D eigenvalue weighted by Gasteiger charge is 2.40. The minimum Gasteiger partial charge on any atom is -0.383 e. The largest absolute Gasteiger partial charge is 0.383 e. The van der Waals surface area contributed by atoms with E-state index in [0.717, 1.165) is 27.8 Å². The number of hydrogen-bond donors (Lipinski definition) is 1. The van der Waals surface area contributed by atoms with Gasteiger partial charge in [-0.15, -0.1) is 0 Å². The first-order valence-corrected chi connectivity index (χ1v) is 9.64. The number of benzene rings is 2. The molecule has 1 atom stereocenters. The third kappa shape index (κ3) is 3.49. The number of fused-ring (bicyclic) bond motifs is 3. The smallest absolute Gasteiger partial charge is 0.253 e. The molecule has 0 radical (unpaired) electrons. The Hall–Kier alpha value is -3.19. The molecule has 1 aromatic heterocycles. The minimum absolute atomic E-state index is 0.0447. The number of anilines is 2. The summed E-state index contributed by atoms with van der Waals surface area (Å²) in [5.41, 5.74) is 4.47. The van der Waals surface area contributed by atoms with Gasteiger partial charge in [0.1, 0.15) is 6.04 Å². The van der Waals surface area contributed by atoms with Gasteiger partial charge in [-0.3, -0.25) is 19.1 Å². The number of aryl methyl sites for hydroxylation is 2. The van der Waals surface area contributed by atoms with Gasteiger partial charge in [0.25, 0.3) is 5.91 Å². The van der Waals surface area contributed by atoms with Crippen LogP contribution in [-0.2, 0) is 14.3 Å². The molecular formula is C22H24N4O3. The Kier molecular flexibility index (Phi) is 5.07. The standard InChI is InChI=1S/C22H24N4O3/c1-14-8-9-15(2)17(12-14)23-20(27)13-19-21(28)25(10-11-29-3)22-24-16-6-4-5-7-18(16)26(19)22/h4-9,12,19H,10-11,13H2,1-3H3,(H,23,27)/t19-/m1/s1. The Morgan fingerprint density at radius 3 is 2.79 bits per heavy atom. The van der Waals surface area contributed by atoms with E-state index in [1.165, 1.54) is 0 Å². The van der Waals surface area contributed by atoms with E-state index in [9.17, 15) is 9.59 Å². The first kappa shape index (κ1) is 19.1. The summed E-state index contributed by atoms with van der Waals surface area (Å²) < 4.78 is 7.02. The minimum atomic E-state index is -0.626. The molecule has 0 spiro atoms. The number of carbonyl (C=O) groups is 2. The maximum atomic E-state index is 13.1. The molecule has 0 fully saturated rings. The van der Waals surface area contributed by atoms with Crippen LogP contribution in [0.3, 0.4) is 0 Å². The lowest BCUT2D eigenvalue weighted by molar-refractivity contribution is -0.124. The Labute approximate surface area is 169 Å². The lowest BCUT2D eigenvalue weighted by Gasteiger charge is -2.16. The Balaban J connectivity index is 1.64. The quantitative estimate of drug-likeness (QED) is 0.699. The van der Waals surface area contributed by atoms with Crippen LogP contribution in [-0.4, -0.2) is 41.6 Å². The van der Waals surface area contributed by atoms with Gasteiger partial charge in [0.15, 0.2) is 0 Å². The first-order chi connectivity index (χ1) is 14.0. The molecule has 29 heavy (non-hydrogen) atoms. The molecule has 2 aromatic carbocycles. The van der Waals surface area contributed by atoms with Gasteiger partial charge in [-0.05, 0) is 43.2 Å². The van der Waals surface area contributed by atoms with Gasteiger partial charge < -0.3 is 10.1 Å². The molecule has 0 aliphatic carbocycles. The molecule has 2 amide bonds. The number of aromatic nitrogens is 2. The number of nitrogens with zero attached hydrogens (tertiary/aromatic N) is 3. The van der Waals surface area contributed by atoms with Gasteiger partial charge in [0, 0.05) is 12.8 Å². The molecule has 1 aliphatic heterocycles. The molecule has 3 aromatic rings. The fourth-order valence-corrected chi connectivity index (χ4v) is 3.74. The van der Waals surface area contributed by atoms with Crippen molar-refractivity contribution in [1.82, 2.24) is 9.55 Å². The van der Waals surface area contributed by atoms with E-state index in [2.05, 4.69) is 10.3 Å². The van der Waals surface area contributed by atoms with Crippen LogP contribution in [0.1, 0.15) is 23.6 Å². The fourth-order valence-electron chi connectivity index (χ4n) is 3.74. The van der Waals surface area contributed by atoms with Crippen molar-refractivity contribution < 1.29 is 14.3 Å². The number of ether oxygens (including phenoxy) is 1. The second-order valence-corrected chi connectivity index (χ2v) is 7.34. The number of methoxy groups -OCH3 is 1. The SMILES string of the molecule is COCCN1C(=O)[C@@H](CC(=O)Nc2cc(C)ccc2C)n2c1nc1ccccc12. The molecule has 0 saturated heterocycles. The summed E-state index contributed by atoms with van der Waals surface area (Å²) in [5, 5.41) is 2.96. The molecule has 7 nitrogen and oxygen atoms in total. The van der Waals surface area contributed by atoms with Crippen molar-refractivity contribution in [3.05, 3.63) is 53.6 Å². The van der Waals surface area contributed by atoms with Crippen LogP contribution in [0.25, 0.3) is 11.0 Å². The number of imidazole rings is 1. The topological polar surface area (TPSA) is 76.5 Å². The summed E-state index contributed by atoms with van der Waals surface area (Å²) in [4.78, 5) is 32.2. The second kappa shape index (κ2) is 7.67. The van der Waals surface area contributed by atoms with E-state index in [-0.39, 0.29) is 18.2 Å². The number of rotatable bonds is 6. The van der Waals surface area contributed by atoms with E-state index in [4.69, 9.17) is 4.74 Å². The summed E-state index contributed by atoms with van der Waals surface area (Å²) in [6, 6.07) is 12.9. The monoisotopic (exact) mass is 392 g/mol. The van der Waals surface area contributed by atoms with Crippen molar-refractivity contribution in [1.29, 1.82) is 0 Å². The van der Waals surface area contributed by atoms with E-state index in [1.54, 1.807) is 12.0 Å². The number of carbonyl (C=O) groups excluding carboxylic acids is 2. The first-order valence-electron chi connectivity index (χ1n) is 9.64. The lowest BCUT2D eigenvalue weighted by atomic mass is 10.1. The summed E-state index contributed by atoms with van der Waals surface area (Å²) >= 11 is 0. The Bertz CT molecular complexity index is 1090. The zero-order valence-corrected chi connectivity index (χ0v) is 16.8. The average molecular weight is 392 g/mol. The zero-order chi connectivity index (χ0) is 20.5. The highest BCUT2D eigenvalue weighted by molar-refractivity contribution is 6.05. The van der Waals surface area contributed by atoms with Crippen LogP contribution in [0.4, 0.5) is 11.6 Å². The van der Waals surface area contributed by atoms with E-state index >= 15 is 0 Å². The third-order valence-electron chi connectivity index (χ3n) is 5.25. The van der Waals surface area contributed by atoms with Gasteiger partial charge in [0.05, 0.1) is 30.6 Å². The molecule has 2 heterocycles. The molecule has 1 N–H and O–H groups in total. The van der Waals surface area contributed by atoms with Gasteiger partial charge in [-0.1, -0.05) is 24.3 Å². The molecule has 1 aliphatic rings. The van der Waals surface area contributed by atoms with Crippen molar-refractivity contribution in [3.8, 4) is 0 Å². The van der Waals surface area contributed by atoms with Gasteiger partial charge >= 0.3 is 0 Å². The highest BCUT2D eigenvalue weighted by atomic mass is 16.5. The summed E-state index contributed by atoms with van der Waals surface area (Å²) in [5.74, 6) is 0.235. The van der Waals surface area contributed by atoms with Crippen LogP contribution < -0.4 is 10.2 Å². The van der Waals surface area contributed by atoms with Crippen LogP contribution in [0.2, 0.25) is 0 Å². The summed E-state index contributed by atoms with van der Waals surface area (Å²) in [6.45, 7) is 4.72. The van der Waals surface area contributed by atoms with Crippen molar-refractivity contribution in [3.63, 3.8) is 0 Å². The number of hydrogen-bond acceptors (Lipinski definition) is 4. The second-order valence-electron chi connectivity index (χ2n) is 7.34. The predicted octanol–water partition coefficient (Wildman–Crippen LogP) is 3.22. The van der Waals surface area contributed by atoms with E-state index in [0.29, 0.717) is 19.1 Å². The molecular weight excluding hydrogens is 368 g/mol. The number of para-hydroxylation sites is 2. The van der Waals surface area contributed by atoms with Crippen LogP contribution in [0.15, 0.2) is 42.5 Å². The Morgan fingerprint density at radius 2 is 2.00 bits per heavy atom. The molecule has 0 saturated carbocycles. The van der Waals surface area contributed by atoms with Crippen molar-refractivity contribution in [2.75, 3.05) is 30.5 Å². The van der Waals surface area contributed by atoms with Crippen molar-refractivity contribution in [2.24, 2.45) is 0 Å². The van der Waals surface area contributed by atoms with Gasteiger partial charge in [-0.2, -0.15) is 0 Å². The molecule has 4 rings (SSSR count). The average Bonchev–Trinajstić information content (AvgIpc) is 3.18. The van der Waals surface area contributed by atoms with Gasteiger partial charge in [-0.25, -0.2) is 4.98 Å². The molecule has 7 heteroatoms. The van der Waals surface area contributed by atoms with Gasteiger partial charge in [0.2, 0.25) is 11.9 Å². The molecule has 150 valence electrons. The van der Waals surface area contributed by atoms with Crippen LogP contribution >= 0.6 is 0 Å². The predicted molar refractivity (Wildman–Crippen MR) is 112 cm³/mol. The van der Waals surface area contributed by atoms with Crippen molar-refractivity contribution in [2.45, 2.75) is 26.3 Å². The Morgan fingerprint density at radius 1 is 1.21 bits per heavy atom. The maximum absolute atomic E-state index is 13.1. The summed E-state index contributed by atoms with van der Waals surface area (Å²) in [6.07, 6.45) is 0.0447. The highest BCUT2D eigenvalue weighted by Crippen LogP contribution is 2.36. The maximum Gasteiger partial charge on any atom is 0.253 e. The third-order valence-corrected chi connectivity index (χ3v) is 5.25. The van der Waals surface area contributed by atoms with Crippen LogP contribution in [0.5, 0.6) is 0 Å². The van der Waals surface area contributed by atoms with Crippen molar-refractivity contribution >= 4 is 34.5 Å². The zero-order valence-electron chi connectivity index (χ0n) is 16.8. The fraction of sp³-hybridized carbons (Fsp3) is 0.318. The van der Waals surface area contributed by atoms with Crippen LogP contribution in [0, 0.1) is 13.8 Å². The number of amides is 2. The molecule has 0 unspecified atom stereocenters.